The van der Waals surface area contributed by atoms with E-state index in [-0.39, 0.29) is 5.92 Å². The predicted octanol–water partition coefficient (Wildman–Crippen LogP) is 3.92. The third-order valence-corrected chi connectivity index (χ3v) is 6.24. The lowest BCUT2D eigenvalue weighted by Crippen LogP contribution is -2.44. The first kappa shape index (κ1) is 20.2. The first-order valence-corrected chi connectivity index (χ1v) is 10.0. The van der Waals surface area contributed by atoms with Crippen LogP contribution in [0.15, 0.2) is 18.2 Å². The van der Waals surface area contributed by atoms with Crippen molar-refractivity contribution in [3.63, 3.8) is 0 Å². The van der Waals surface area contributed by atoms with E-state index in [1.54, 1.807) is 0 Å². The van der Waals surface area contributed by atoms with Crippen LogP contribution in [-0.4, -0.2) is 41.7 Å². The number of carboxylic acid groups (broad SMARTS) is 1. The van der Waals surface area contributed by atoms with Gasteiger partial charge in [-0.25, -0.2) is 0 Å². The predicted molar refractivity (Wildman–Crippen MR) is 110 cm³/mol. The van der Waals surface area contributed by atoms with Gasteiger partial charge in [0.15, 0.2) is 0 Å². The van der Waals surface area contributed by atoms with Gasteiger partial charge in [0.1, 0.15) is 12.0 Å². The summed E-state index contributed by atoms with van der Waals surface area (Å²) in [6, 6.07) is 6.46. The molecule has 0 amide bonds. The smallest absolute Gasteiger partial charge is 0.317 e. The van der Waals surface area contributed by atoms with E-state index in [9.17, 15) is 9.59 Å². The lowest BCUT2D eigenvalue weighted by Gasteiger charge is -2.41. The number of nitrogens with one attached hydrogen (secondary N) is 1. The van der Waals surface area contributed by atoms with E-state index in [1.807, 2.05) is 27.9 Å². The number of esters is 1. The number of nitrogens with zero attached hydrogens (tertiary/aromatic N) is 1. The van der Waals surface area contributed by atoms with Crippen molar-refractivity contribution in [2.24, 2.45) is 5.92 Å². The molecule has 1 atom stereocenters. The van der Waals surface area contributed by atoms with Crippen molar-refractivity contribution >= 4 is 28.5 Å². The molecule has 1 unspecified atom stereocenters. The Hall–Kier alpha value is -2.50. The minimum absolute atomic E-state index is 0.175. The second kappa shape index (κ2) is 7.86. The van der Waals surface area contributed by atoms with Crippen molar-refractivity contribution in [3.8, 4) is 0 Å². The Morgan fingerprint density at radius 2 is 2.00 bits per heavy atom. The van der Waals surface area contributed by atoms with Crippen molar-refractivity contribution in [2.75, 3.05) is 19.0 Å². The zero-order valence-corrected chi connectivity index (χ0v) is 17.2. The Bertz CT molecular complexity index is 880. The number of carboxylic acids is 1. The lowest BCUT2D eigenvalue weighted by molar-refractivity contribution is -0.171. The molecule has 1 aromatic heterocycles. The summed E-state index contributed by atoms with van der Waals surface area (Å²) < 4.78 is 5.79. The number of carbonyl (C=O) groups excluding carboxylic acids is 1. The van der Waals surface area contributed by atoms with Gasteiger partial charge in [-0.15, -0.1) is 0 Å². The molecule has 2 N–H and O–H groups in total. The van der Waals surface area contributed by atoms with Gasteiger partial charge in [-0.3, -0.25) is 9.59 Å². The molecule has 0 saturated carbocycles. The molecule has 0 spiro atoms. The maximum absolute atomic E-state index is 12.1. The Balaban J connectivity index is 1.89. The number of H-pyrrole nitrogens is 1. The van der Waals surface area contributed by atoms with E-state index in [1.165, 1.54) is 22.3 Å². The molecule has 1 aliphatic rings. The fourth-order valence-corrected chi connectivity index (χ4v) is 4.59. The van der Waals surface area contributed by atoms with Crippen LogP contribution in [0.1, 0.15) is 50.8 Å². The van der Waals surface area contributed by atoms with E-state index < -0.39 is 24.0 Å². The van der Waals surface area contributed by atoms with Gasteiger partial charge in [-0.1, -0.05) is 13.8 Å². The summed E-state index contributed by atoms with van der Waals surface area (Å²) >= 11 is 0. The van der Waals surface area contributed by atoms with Crippen LogP contribution in [-0.2, 0) is 27.2 Å². The summed E-state index contributed by atoms with van der Waals surface area (Å²) in [6.07, 6.45) is 3.44. The van der Waals surface area contributed by atoms with Gasteiger partial charge < -0.3 is 19.7 Å². The number of aromatic nitrogens is 1. The molecule has 1 aliphatic carbocycles. The average Bonchev–Trinajstić information content (AvgIpc) is 3.02. The van der Waals surface area contributed by atoms with Crippen molar-refractivity contribution in [3.05, 3.63) is 29.5 Å². The largest absolute Gasteiger partial charge is 0.481 e. The number of aliphatic carboxylic acids is 1. The molecule has 6 nitrogen and oxygen atoms in total. The quantitative estimate of drug-likeness (QED) is 0.557. The molecule has 6 heteroatoms. The first-order valence-electron chi connectivity index (χ1n) is 10.0. The zero-order valence-electron chi connectivity index (χ0n) is 17.2. The van der Waals surface area contributed by atoms with Gasteiger partial charge in [0.05, 0.1) is 0 Å². The SMILES string of the molecule is CCC(CC)(OC(=O)CC(=O)O)C1CCc2c([nH]c3ccc(N(C)C)cc23)C1. The lowest BCUT2D eigenvalue weighted by atomic mass is 9.73. The standard InChI is InChI=1S/C22H30N2O4/c1-5-22(6-2,28-21(27)13-20(25)26)14-7-9-16-17-12-15(24(3)4)8-10-18(17)23-19(16)11-14/h8,10,12,14,23H,5-7,9,11,13H2,1-4H3,(H,25,26). The molecule has 2 aromatic rings. The third kappa shape index (κ3) is 3.73. The normalized spacial score (nSPS) is 16.6. The number of hydrogen-bond donors (Lipinski definition) is 2. The highest BCUT2D eigenvalue weighted by Gasteiger charge is 2.42. The van der Waals surface area contributed by atoms with E-state index in [4.69, 9.17) is 9.84 Å². The van der Waals surface area contributed by atoms with Crippen molar-refractivity contribution in [1.29, 1.82) is 0 Å². The number of benzene rings is 1. The highest BCUT2D eigenvalue weighted by atomic mass is 16.6. The van der Waals surface area contributed by atoms with Crippen LogP contribution >= 0.6 is 0 Å². The Morgan fingerprint density at radius 3 is 2.61 bits per heavy atom. The summed E-state index contributed by atoms with van der Waals surface area (Å²) in [5, 5.41) is 10.2. The van der Waals surface area contributed by atoms with Gasteiger partial charge in [0, 0.05) is 42.3 Å². The topological polar surface area (TPSA) is 82.6 Å². The number of ether oxygens (including phenoxy) is 1. The van der Waals surface area contributed by atoms with E-state index in [0.717, 1.165) is 24.8 Å². The summed E-state index contributed by atoms with van der Waals surface area (Å²) in [4.78, 5) is 28.6. The second-order valence-corrected chi connectivity index (χ2v) is 7.96. The Morgan fingerprint density at radius 1 is 1.29 bits per heavy atom. The molecule has 0 saturated heterocycles. The maximum atomic E-state index is 12.1. The minimum Gasteiger partial charge on any atom is -0.481 e. The Kier molecular flexibility index (Phi) is 5.68. The van der Waals surface area contributed by atoms with Crippen LogP contribution in [0.2, 0.25) is 0 Å². The third-order valence-electron chi connectivity index (χ3n) is 6.24. The fourth-order valence-electron chi connectivity index (χ4n) is 4.59. The molecule has 0 fully saturated rings. The van der Waals surface area contributed by atoms with Gasteiger partial charge in [0.25, 0.3) is 0 Å². The first-order chi connectivity index (χ1) is 13.3. The molecule has 0 aliphatic heterocycles. The number of aryl methyl sites for hydroxylation is 1. The molecule has 28 heavy (non-hydrogen) atoms. The summed E-state index contributed by atoms with van der Waals surface area (Å²) in [6.45, 7) is 4.03. The van der Waals surface area contributed by atoms with E-state index in [2.05, 4.69) is 28.1 Å². The van der Waals surface area contributed by atoms with Crippen molar-refractivity contribution in [1.82, 2.24) is 4.98 Å². The van der Waals surface area contributed by atoms with Gasteiger partial charge >= 0.3 is 11.9 Å². The fraction of sp³-hybridized carbons (Fsp3) is 0.545. The average molecular weight is 386 g/mol. The van der Waals surface area contributed by atoms with E-state index >= 15 is 0 Å². The molecule has 0 bridgehead atoms. The summed E-state index contributed by atoms with van der Waals surface area (Å²) in [7, 11) is 4.08. The van der Waals surface area contributed by atoms with Crippen LogP contribution in [0.4, 0.5) is 5.69 Å². The molecular formula is C22H30N2O4. The molecular weight excluding hydrogens is 356 g/mol. The zero-order chi connectivity index (χ0) is 20.5. The van der Waals surface area contributed by atoms with Crippen LogP contribution in [0.3, 0.4) is 0 Å². The van der Waals surface area contributed by atoms with Gasteiger partial charge in [-0.05, 0) is 55.9 Å². The van der Waals surface area contributed by atoms with Crippen LogP contribution in [0.25, 0.3) is 10.9 Å². The second-order valence-electron chi connectivity index (χ2n) is 7.96. The number of rotatable bonds is 7. The van der Waals surface area contributed by atoms with Crippen LogP contribution in [0, 0.1) is 5.92 Å². The van der Waals surface area contributed by atoms with Crippen LogP contribution in [0.5, 0.6) is 0 Å². The monoisotopic (exact) mass is 386 g/mol. The highest BCUT2D eigenvalue weighted by Crippen LogP contribution is 2.41. The molecule has 152 valence electrons. The molecule has 1 aromatic carbocycles. The summed E-state index contributed by atoms with van der Waals surface area (Å²) in [5.74, 6) is -1.62. The number of aromatic amines is 1. The highest BCUT2D eigenvalue weighted by molar-refractivity contribution is 5.90. The van der Waals surface area contributed by atoms with Crippen LogP contribution < -0.4 is 4.90 Å². The maximum Gasteiger partial charge on any atom is 0.317 e. The number of fused-ring (bicyclic) bond motifs is 3. The van der Waals surface area contributed by atoms with E-state index in [0.29, 0.717) is 12.8 Å². The number of anilines is 1. The number of carbonyl (C=O) groups is 2. The van der Waals surface area contributed by atoms with Crippen molar-refractivity contribution < 1.29 is 19.4 Å². The molecule has 3 rings (SSSR count). The van der Waals surface area contributed by atoms with Crippen molar-refractivity contribution in [2.45, 2.75) is 58.0 Å². The molecule has 1 heterocycles. The van der Waals surface area contributed by atoms with Gasteiger partial charge in [-0.2, -0.15) is 0 Å². The Labute approximate surface area is 165 Å². The molecule has 0 radical (unpaired) electrons. The minimum atomic E-state index is -1.15. The van der Waals surface area contributed by atoms with Gasteiger partial charge in [0.2, 0.25) is 0 Å². The summed E-state index contributed by atoms with van der Waals surface area (Å²) in [5.41, 5.74) is 4.26. The number of hydrogen-bond acceptors (Lipinski definition) is 4.